The van der Waals surface area contributed by atoms with Crippen LogP contribution < -0.4 is 18.9 Å². The Kier molecular flexibility index (Phi) is 6.28. The molecule has 30 heavy (non-hydrogen) atoms. The van der Waals surface area contributed by atoms with E-state index in [0.29, 0.717) is 0 Å². The normalized spacial score (nSPS) is 11.8. The molecule has 2 rings (SSSR count). The monoisotopic (exact) mass is 440 g/mol. The lowest BCUT2D eigenvalue weighted by atomic mass is 9.99. The zero-order chi connectivity index (χ0) is 22.9. The summed E-state index contributed by atoms with van der Waals surface area (Å²) in [5.41, 5.74) is -2.77. The molecule has 0 radical (unpaired) electrons. The molecule has 1 N–H and O–H groups in total. The molecule has 164 valence electrons. The third-order valence-electron chi connectivity index (χ3n) is 3.81. The van der Waals surface area contributed by atoms with E-state index in [4.69, 9.17) is 14.2 Å². The smallest absolute Gasteiger partial charge is 0.496 e. The number of ether oxygens (including phenoxy) is 4. The molecule has 0 saturated carbocycles. The van der Waals surface area contributed by atoms with E-state index in [9.17, 15) is 36.2 Å². The first-order valence-corrected chi connectivity index (χ1v) is 7.92. The van der Waals surface area contributed by atoms with Crippen molar-refractivity contribution in [3.63, 3.8) is 0 Å². The first-order valence-electron chi connectivity index (χ1n) is 7.92. The van der Waals surface area contributed by atoms with E-state index >= 15 is 0 Å². The number of aromatic carboxylic acids is 1. The van der Waals surface area contributed by atoms with Gasteiger partial charge in [0.1, 0.15) is 28.4 Å². The van der Waals surface area contributed by atoms with Gasteiger partial charge in [0.15, 0.2) is 11.5 Å². The van der Waals surface area contributed by atoms with Gasteiger partial charge in [-0.25, -0.2) is 4.79 Å². The molecular weight excluding hydrogens is 426 g/mol. The molecule has 0 atom stereocenters. The highest BCUT2D eigenvalue weighted by Gasteiger charge is 2.39. The van der Waals surface area contributed by atoms with E-state index in [-0.39, 0.29) is 11.5 Å². The third-order valence-corrected chi connectivity index (χ3v) is 3.81. The van der Waals surface area contributed by atoms with Gasteiger partial charge >= 0.3 is 18.5 Å². The van der Waals surface area contributed by atoms with Gasteiger partial charge in [-0.15, -0.1) is 13.2 Å². The second-order valence-electron chi connectivity index (χ2n) is 5.72. The molecule has 0 aromatic heterocycles. The zero-order valence-electron chi connectivity index (χ0n) is 15.6. The average Bonchev–Trinajstić information content (AvgIpc) is 2.59. The van der Waals surface area contributed by atoms with Crippen LogP contribution in [0.3, 0.4) is 0 Å². The Hall–Kier alpha value is -3.31. The molecule has 0 bridgehead atoms. The van der Waals surface area contributed by atoms with Crippen LogP contribution in [-0.2, 0) is 6.18 Å². The lowest BCUT2D eigenvalue weighted by molar-refractivity contribution is -0.274. The molecule has 0 saturated heterocycles. The summed E-state index contributed by atoms with van der Waals surface area (Å²) in [6.45, 7) is 0.930. The summed E-state index contributed by atoms with van der Waals surface area (Å²) in [6.07, 6.45) is -9.88. The largest absolute Gasteiger partial charge is 0.573 e. The van der Waals surface area contributed by atoms with Gasteiger partial charge in [0, 0.05) is 12.1 Å². The van der Waals surface area contributed by atoms with Crippen molar-refractivity contribution >= 4 is 5.97 Å². The first-order chi connectivity index (χ1) is 13.8. The van der Waals surface area contributed by atoms with Crippen LogP contribution in [0.1, 0.15) is 21.5 Å². The zero-order valence-corrected chi connectivity index (χ0v) is 15.6. The second kappa shape index (κ2) is 8.20. The average molecular weight is 440 g/mol. The van der Waals surface area contributed by atoms with Crippen molar-refractivity contribution in [3.8, 4) is 28.7 Å². The predicted molar refractivity (Wildman–Crippen MR) is 89.4 cm³/mol. The van der Waals surface area contributed by atoms with E-state index in [0.717, 1.165) is 45.4 Å². The Bertz CT molecular complexity index is 952. The molecule has 0 amide bonds. The topological polar surface area (TPSA) is 74.2 Å². The Labute approximate surface area is 165 Å². The van der Waals surface area contributed by atoms with Crippen LogP contribution >= 0.6 is 0 Å². The number of carbonyl (C=O) groups is 1. The van der Waals surface area contributed by atoms with E-state index in [2.05, 4.69) is 4.74 Å². The van der Waals surface area contributed by atoms with Gasteiger partial charge in [-0.1, -0.05) is 0 Å². The number of carboxylic acid groups (broad SMARTS) is 1. The molecule has 0 aliphatic carbocycles. The Balaban J connectivity index is 2.60. The van der Waals surface area contributed by atoms with Crippen molar-refractivity contribution < 1.29 is 55.2 Å². The molecule has 0 heterocycles. The number of benzene rings is 2. The summed E-state index contributed by atoms with van der Waals surface area (Å²) >= 11 is 0. The van der Waals surface area contributed by atoms with Crippen molar-refractivity contribution in [2.24, 2.45) is 0 Å². The fraction of sp³-hybridized carbons (Fsp3) is 0.278. The molecule has 2 aromatic carbocycles. The molecule has 0 aliphatic rings. The van der Waals surface area contributed by atoms with Gasteiger partial charge in [-0.2, -0.15) is 13.2 Å². The molecule has 0 spiro atoms. The quantitative estimate of drug-likeness (QED) is 0.605. The Morgan fingerprint density at radius 2 is 1.50 bits per heavy atom. The summed E-state index contributed by atoms with van der Waals surface area (Å²) in [7, 11) is 2.05. The number of methoxy groups -OCH3 is 2. The van der Waals surface area contributed by atoms with Gasteiger partial charge in [0.05, 0.1) is 14.2 Å². The predicted octanol–water partition coefficient (Wildman–Crippen LogP) is 5.42. The van der Waals surface area contributed by atoms with Gasteiger partial charge in [0.2, 0.25) is 0 Å². The standard InChI is InChI=1S/C18H14F6O6/c1-8-14(16(25)26)12(7-13(28-3)15(8)17(19,20)21)29-10-5-4-9(6-11(10)27-2)30-18(22,23)24/h4-7H,1-3H3,(H,25,26). The third kappa shape index (κ3) is 4.99. The van der Waals surface area contributed by atoms with E-state index in [1.54, 1.807) is 0 Å². The highest BCUT2D eigenvalue weighted by Crippen LogP contribution is 2.45. The van der Waals surface area contributed by atoms with Crippen molar-refractivity contribution in [3.05, 3.63) is 41.0 Å². The summed E-state index contributed by atoms with van der Waals surface area (Å²) in [5.74, 6) is -4.15. The van der Waals surface area contributed by atoms with Crippen LogP contribution in [0, 0.1) is 6.92 Å². The van der Waals surface area contributed by atoms with Gasteiger partial charge in [-0.05, 0) is 24.6 Å². The summed E-state index contributed by atoms with van der Waals surface area (Å²) in [5, 5.41) is 9.41. The maximum Gasteiger partial charge on any atom is 0.573 e. The Morgan fingerprint density at radius 3 is 1.97 bits per heavy atom. The second-order valence-corrected chi connectivity index (χ2v) is 5.72. The molecular formula is C18H14F6O6. The number of halogens is 6. The van der Waals surface area contributed by atoms with E-state index in [1.165, 1.54) is 0 Å². The lowest BCUT2D eigenvalue weighted by Gasteiger charge is -2.20. The van der Waals surface area contributed by atoms with Gasteiger partial charge < -0.3 is 24.1 Å². The SMILES string of the molecule is COc1cc(OC(F)(F)F)ccc1Oc1cc(OC)c(C(F)(F)F)c(C)c1C(=O)O. The summed E-state index contributed by atoms with van der Waals surface area (Å²) in [6, 6.07) is 3.38. The van der Waals surface area contributed by atoms with Crippen LogP contribution in [-0.4, -0.2) is 31.7 Å². The minimum Gasteiger partial charge on any atom is -0.496 e. The summed E-state index contributed by atoms with van der Waals surface area (Å²) < 4.78 is 95.9. The maximum atomic E-state index is 13.4. The molecule has 2 aromatic rings. The van der Waals surface area contributed by atoms with E-state index < -0.39 is 52.4 Å². The van der Waals surface area contributed by atoms with Crippen molar-refractivity contribution in [1.29, 1.82) is 0 Å². The highest BCUT2D eigenvalue weighted by molar-refractivity contribution is 5.94. The highest BCUT2D eigenvalue weighted by atomic mass is 19.4. The number of hydrogen-bond donors (Lipinski definition) is 1. The molecule has 0 unspecified atom stereocenters. The van der Waals surface area contributed by atoms with Crippen LogP contribution in [0.4, 0.5) is 26.3 Å². The number of rotatable bonds is 6. The molecule has 12 heteroatoms. The fourth-order valence-corrected chi connectivity index (χ4v) is 2.67. The lowest BCUT2D eigenvalue weighted by Crippen LogP contribution is -2.17. The molecule has 6 nitrogen and oxygen atoms in total. The van der Waals surface area contributed by atoms with Gasteiger partial charge in [-0.3, -0.25) is 0 Å². The van der Waals surface area contributed by atoms with Crippen molar-refractivity contribution in [2.45, 2.75) is 19.5 Å². The minimum atomic E-state index is -4.97. The first kappa shape index (κ1) is 23.0. The fourth-order valence-electron chi connectivity index (χ4n) is 2.67. The van der Waals surface area contributed by atoms with Crippen molar-refractivity contribution in [1.82, 2.24) is 0 Å². The maximum absolute atomic E-state index is 13.4. The summed E-state index contributed by atoms with van der Waals surface area (Å²) in [4.78, 5) is 11.6. The number of hydrogen-bond acceptors (Lipinski definition) is 5. The van der Waals surface area contributed by atoms with Crippen LogP contribution in [0.15, 0.2) is 24.3 Å². The number of carboxylic acids is 1. The van der Waals surface area contributed by atoms with Gasteiger partial charge in [0.25, 0.3) is 0 Å². The van der Waals surface area contributed by atoms with Crippen molar-refractivity contribution in [2.75, 3.05) is 14.2 Å². The Morgan fingerprint density at radius 1 is 0.900 bits per heavy atom. The van der Waals surface area contributed by atoms with Crippen LogP contribution in [0.25, 0.3) is 0 Å². The molecule has 0 fully saturated rings. The van der Waals surface area contributed by atoms with Crippen LogP contribution in [0.5, 0.6) is 28.7 Å². The number of alkyl halides is 6. The van der Waals surface area contributed by atoms with E-state index in [1.807, 2.05) is 0 Å². The van der Waals surface area contributed by atoms with Crippen LogP contribution in [0.2, 0.25) is 0 Å². The molecule has 0 aliphatic heterocycles. The minimum absolute atomic E-state index is 0.268.